The summed E-state index contributed by atoms with van der Waals surface area (Å²) in [4.78, 5) is 26.2. The highest BCUT2D eigenvalue weighted by Gasteiger charge is 2.50. The first-order valence-corrected chi connectivity index (χ1v) is 11.9. The van der Waals surface area contributed by atoms with Crippen molar-refractivity contribution in [2.24, 2.45) is 0 Å². The monoisotopic (exact) mass is 482 g/mol. The summed E-state index contributed by atoms with van der Waals surface area (Å²) in [5, 5.41) is 17.3. The van der Waals surface area contributed by atoms with Crippen LogP contribution in [0.1, 0.15) is 42.4 Å². The molecule has 0 bridgehead atoms. The number of aryl methyl sites for hydroxylation is 2. The molecule has 0 aromatic heterocycles. The van der Waals surface area contributed by atoms with E-state index in [1.165, 1.54) is 11.6 Å². The van der Waals surface area contributed by atoms with Crippen LogP contribution in [0.4, 0.5) is 16.2 Å². The summed E-state index contributed by atoms with van der Waals surface area (Å²) < 4.78 is 11.0. The number of nitrogens with zero attached hydrogens (tertiary/aromatic N) is 2. The Morgan fingerprint density at radius 3 is 2.51 bits per heavy atom. The maximum absolute atomic E-state index is 12.8. The van der Waals surface area contributed by atoms with Crippen molar-refractivity contribution in [2.45, 2.75) is 57.0 Å². The van der Waals surface area contributed by atoms with E-state index in [9.17, 15) is 14.9 Å². The minimum absolute atomic E-state index is 0.0180. The van der Waals surface area contributed by atoms with Crippen LogP contribution in [-0.4, -0.2) is 55.8 Å². The Balaban J connectivity index is 1.50. The molecule has 2 fully saturated rings. The maximum Gasteiger partial charge on any atom is 0.319 e. The van der Waals surface area contributed by atoms with Gasteiger partial charge in [-0.25, -0.2) is 4.79 Å². The van der Waals surface area contributed by atoms with Gasteiger partial charge < -0.3 is 25.0 Å². The number of amides is 2. The molecule has 9 heteroatoms. The van der Waals surface area contributed by atoms with Crippen molar-refractivity contribution in [3.8, 4) is 11.5 Å². The molecule has 2 aliphatic rings. The summed E-state index contributed by atoms with van der Waals surface area (Å²) >= 11 is 0. The fourth-order valence-corrected chi connectivity index (χ4v) is 5.79. The fraction of sp³-hybridized carbons (Fsp3) is 0.500. The number of urea groups is 1. The quantitative estimate of drug-likeness (QED) is 0.462. The molecule has 0 spiro atoms. The summed E-state index contributed by atoms with van der Waals surface area (Å²) in [6.45, 7) is 4.66. The normalized spacial score (nSPS) is 23.9. The second-order valence-electron chi connectivity index (χ2n) is 9.75. The number of benzene rings is 2. The smallest absolute Gasteiger partial charge is 0.319 e. The molecular weight excluding hydrogens is 448 g/mol. The molecule has 1 aliphatic heterocycles. The average molecular weight is 483 g/mol. The Bertz CT molecular complexity index is 1140. The Hall–Kier alpha value is -3.33. The zero-order valence-electron chi connectivity index (χ0n) is 21.0. The topological polar surface area (TPSA) is 106 Å². The number of hydrogen-bond acceptors (Lipinski definition) is 6. The SMILES string of the molecule is COc1ccc(C23CCC(NC(=O)Nc4cc(C)c(C)cc4[N+](=O)[O-])CC2N(C)CC3)cc1OC. The van der Waals surface area contributed by atoms with Crippen molar-refractivity contribution in [3.63, 3.8) is 0 Å². The Labute approximate surface area is 205 Å². The van der Waals surface area contributed by atoms with Gasteiger partial charge in [0.05, 0.1) is 19.1 Å². The van der Waals surface area contributed by atoms with Gasteiger partial charge in [0.15, 0.2) is 11.5 Å². The molecule has 2 N–H and O–H groups in total. The van der Waals surface area contributed by atoms with Crippen molar-refractivity contribution in [3.05, 3.63) is 57.1 Å². The second kappa shape index (κ2) is 9.73. The van der Waals surface area contributed by atoms with E-state index in [4.69, 9.17) is 9.47 Å². The zero-order chi connectivity index (χ0) is 25.3. The number of nitro benzene ring substituents is 1. The first-order chi connectivity index (χ1) is 16.7. The van der Waals surface area contributed by atoms with Gasteiger partial charge in [0.2, 0.25) is 0 Å². The van der Waals surface area contributed by atoms with E-state index >= 15 is 0 Å². The summed E-state index contributed by atoms with van der Waals surface area (Å²) in [6, 6.07) is 9.15. The number of carbonyl (C=O) groups is 1. The van der Waals surface area contributed by atoms with Crippen molar-refractivity contribution in [1.29, 1.82) is 0 Å². The van der Waals surface area contributed by atoms with Crippen LogP contribution < -0.4 is 20.1 Å². The van der Waals surface area contributed by atoms with Crippen LogP contribution in [0.5, 0.6) is 11.5 Å². The zero-order valence-corrected chi connectivity index (χ0v) is 21.0. The number of hydrogen-bond donors (Lipinski definition) is 2. The molecule has 35 heavy (non-hydrogen) atoms. The van der Waals surface area contributed by atoms with E-state index in [-0.39, 0.29) is 28.9 Å². The summed E-state index contributed by atoms with van der Waals surface area (Å²) in [6.07, 6.45) is 3.58. The molecule has 1 heterocycles. The molecule has 1 aliphatic carbocycles. The van der Waals surface area contributed by atoms with E-state index in [0.717, 1.165) is 49.1 Å². The molecule has 2 aromatic carbocycles. The predicted molar refractivity (Wildman–Crippen MR) is 135 cm³/mol. The van der Waals surface area contributed by atoms with Crippen LogP contribution in [0.25, 0.3) is 0 Å². The molecule has 2 amide bonds. The lowest BCUT2D eigenvalue weighted by atomic mass is 9.65. The highest BCUT2D eigenvalue weighted by Crippen LogP contribution is 2.49. The first kappa shape index (κ1) is 24.8. The van der Waals surface area contributed by atoms with Crippen LogP contribution in [0.2, 0.25) is 0 Å². The van der Waals surface area contributed by atoms with Gasteiger partial charge in [-0.3, -0.25) is 10.1 Å². The summed E-state index contributed by atoms with van der Waals surface area (Å²) in [5.41, 5.74) is 3.02. The number of nitrogens with one attached hydrogen (secondary N) is 2. The first-order valence-electron chi connectivity index (χ1n) is 11.9. The molecule has 1 saturated heterocycles. The third-order valence-electron chi connectivity index (χ3n) is 7.88. The number of carbonyl (C=O) groups excluding carboxylic acids is 1. The third kappa shape index (κ3) is 4.65. The minimum Gasteiger partial charge on any atom is -0.493 e. The van der Waals surface area contributed by atoms with Crippen molar-refractivity contribution < 1.29 is 19.2 Å². The Morgan fingerprint density at radius 1 is 1.11 bits per heavy atom. The van der Waals surface area contributed by atoms with Gasteiger partial charge in [-0.1, -0.05) is 6.07 Å². The number of methoxy groups -OCH3 is 2. The number of rotatable bonds is 6. The van der Waals surface area contributed by atoms with Gasteiger partial charge >= 0.3 is 6.03 Å². The van der Waals surface area contributed by atoms with E-state index in [2.05, 4.69) is 34.7 Å². The second-order valence-corrected chi connectivity index (χ2v) is 9.75. The maximum atomic E-state index is 12.8. The van der Waals surface area contributed by atoms with Gasteiger partial charge in [0, 0.05) is 23.6 Å². The summed E-state index contributed by atoms with van der Waals surface area (Å²) in [7, 11) is 5.42. The number of ether oxygens (including phenoxy) is 2. The minimum atomic E-state index is -0.465. The lowest BCUT2D eigenvalue weighted by Gasteiger charge is -2.45. The van der Waals surface area contributed by atoms with Gasteiger partial charge in [0.1, 0.15) is 5.69 Å². The molecule has 188 valence electrons. The van der Waals surface area contributed by atoms with Gasteiger partial charge in [0.25, 0.3) is 5.69 Å². The highest BCUT2D eigenvalue weighted by molar-refractivity contribution is 5.92. The number of likely N-dealkylation sites (N-methyl/N-ethyl adjacent to an activating group) is 1. The van der Waals surface area contributed by atoms with Gasteiger partial charge in [-0.2, -0.15) is 0 Å². The van der Waals surface area contributed by atoms with Gasteiger partial charge in [-0.15, -0.1) is 0 Å². The van der Waals surface area contributed by atoms with Crippen LogP contribution in [-0.2, 0) is 5.41 Å². The molecule has 3 atom stereocenters. The van der Waals surface area contributed by atoms with E-state index in [0.29, 0.717) is 5.75 Å². The number of likely N-dealkylation sites (tertiary alicyclic amines) is 1. The van der Waals surface area contributed by atoms with Crippen molar-refractivity contribution in [1.82, 2.24) is 10.2 Å². The number of anilines is 1. The largest absolute Gasteiger partial charge is 0.493 e. The molecule has 9 nitrogen and oxygen atoms in total. The third-order valence-corrected chi connectivity index (χ3v) is 7.88. The van der Waals surface area contributed by atoms with E-state index < -0.39 is 11.0 Å². The van der Waals surface area contributed by atoms with Crippen LogP contribution >= 0.6 is 0 Å². The van der Waals surface area contributed by atoms with Gasteiger partial charge in [-0.05, 0) is 88.0 Å². The van der Waals surface area contributed by atoms with E-state index in [1.54, 1.807) is 20.3 Å². The molecule has 3 unspecified atom stereocenters. The highest BCUT2D eigenvalue weighted by atomic mass is 16.6. The molecule has 1 saturated carbocycles. The molecule has 2 aromatic rings. The lowest BCUT2D eigenvalue weighted by Crippen LogP contribution is -2.52. The number of nitro groups is 1. The summed E-state index contributed by atoms with van der Waals surface area (Å²) in [5.74, 6) is 1.44. The van der Waals surface area contributed by atoms with Crippen molar-refractivity contribution in [2.75, 3.05) is 33.1 Å². The molecular formula is C26H34N4O5. The van der Waals surface area contributed by atoms with Crippen LogP contribution in [0.3, 0.4) is 0 Å². The van der Waals surface area contributed by atoms with Crippen LogP contribution in [0, 0.1) is 24.0 Å². The average Bonchev–Trinajstić information content (AvgIpc) is 3.17. The molecule has 0 radical (unpaired) electrons. The Kier molecular flexibility index (Phi) is 6.89. The van der Waals surface area contributed by atoms with Crippen LogP contribution in [0.15, 0.2) is 30.3 Å². The number of fused-ring (bicyclic) bond motifs is 1. The predicted octanol–water partition coefficient (Wildman–Crippen LogP) is 4.54. The fourth-order valence-electron chi connectivity index (χ4n) is 5.79. The molecule has 4 rings (SSSR count). The standard InChI is InChI=1S/C26H34N4O5/c1-16-12-20(21(30(32)33)13-17(16)2)28-25(31)27-19-8-9-26(10-11-29(3)24(26)15-19)18-6-7-22(34-4)23(14-18)35-5/h6-7,12-14,19,24H,8-11,15H2,1-5H3,(H2,27,28,31). The Morgan fingerprint density at radius 2 is 1.83 bits per heavy atom. The lowest BCUT2D eigenvalue weighted by molar-refractivity contribution is -0.384. The van der Waals surface area contributed by atoms with E-state index in [1.807, 2.05) is 19.9 Å². The van der Waals surface area contributed by atoms with Crippen molar-refractivity contribution >= 4 is 17.4 Å².